The number of ether oxygens (including phenoxy) is 2. The molecule has 5 atom stereocenters. The number of hydrazine groups is 1. The van der Waals surface area contributed by atoms with Crippen molar-refractivity contribution in [1.82, 2.24) is 39.4 Å². The first kappa shape index (κ1) is 50.0. The largest absolute Gasteiger partial charge is 0.508 e. The molecule has 0 saturated carbocycles. The Hall–Kier alpha value is -5.89. The molecule has 2 fully saturated rings. The van der Waals surface area contributed by atoms with Gasteiger partial charge in [0.1, 0.15) is 29.9 Å². The van der Waals surface area contributed by atoms with Crippen molar-refractivity contribution in [3.8, 4) is 28.1 Å². The van der Waals surface area contributed by atoms with Gasteiger partial charge >= 0.3 is 5.97 Å². The van der Waals surface area contributed by atoms with Crippen LogP contribution in [-0.2, 0) is 69.5 Å². The highest BCUT2D eigenvalue weighted by molar-refractivity contribution is 7.88. The van der Waals surface area contributed by atoms with Gasteiger partial charge in [0.2, 0.25) is 27.7 Å². The molecule has 2 unspecified atom stereocenters. The number of nitrogens with one attached hydrogen (secondary N) is 2. The molecule has 68 heavy (non-hydrogen) atoms. The zero-order valence-corrected chi connectivity index (χ0v) is 41.2. The second-order valence-electron chi connectivity index (χ2n) is 19.4. The zero-order chi connectivity index (χ0) is 49.4. The number of hydrogen-bond acceptors (Lipinski definition) is 12. The second kappa shape index (κ2) is 20.0. The Labute approximate surface area is 397 Å². The van der Waals surface area contributed by atoms with E-state index in [2.05, 4.69) is 53.2 Å². The molecular weight excluding hydrogens is 893 g/mol. The van der Waals surface area contributed by atoms with Crippen molar-refractivity contribution in [2.24, 2.45) is 11.3 Å². The van der Waals surface area contributed by atoms with Crippen LogP contribution in [0, 0.1) is 11.3 Å². The third kappa shape index (κ3) is 10.7. The monoisotopic (exact) mass is 956 g/mol. The number of amides is 4. The lowest BCUT2D eigenvalue weighted by Crippen LogP contribution is -2.62. The van der Waals surface area contributed by atoms with E-state index in [4.69, 9.17) is 9.47 Å². The number of hydrogen-bond donors (Lipinski definition) is 3. The lowest BCUT2D eigenvalue weighted by molar-refractivity contribution is -0.155. The van der Waals surface area contributed by atoms with Gasteiger partial charge in [-0.3, -0.25) is 34.0 Å². The van der Waals surface area contributed by atoms with Crippen LogP contribution in [-0.4, -0.2) is 150 Å². The Morgan fingerprint density at radius 3 is 2.51 bits per heavy atom. The van der Waals surface area contributed by atoms with E-state index in [0.717, 1.165) is 54.3 Å². The number of likely N-dealkylation sites (N-methyl/N-ethyl adjacent to an activating group) is 2. The molecule has 2 aromatic heterocycles. The van der Waals surface area contributed by atoms with E-state index in [1.165, 1.54) is 24.0 Å². The molecule has 0 aliphatic carbocycles. The smallest absolute Gasteiger partial charge is 0.324 e. The van der Waals surface area contributed by atoms with Crippen LogP contribution >= 0.6 is 0 Å². The summed E-state index contributed by atoms with van der Waals surface area (Å²) in [4.78, 5) is 76.7. The van der Waals surface area contributed by atoms with Crippen LogP contribution in [0.15, 0.2) is 54.9 Å². The minimum absolute atomic E-state index is 0.0263. The summed E-state index contributed by atoms with van der Waals surface area (Å²) in [7, 11) is 0.914. The number of carbonyl (C=O) groups excluding carboxylic acids is 5. The number of benzene rings is 2. The Balaban J connectivity index is 1.26. The lowest BCUT2D eigenvalue weighted by Gasteiger charge is -2.37. The van der Waals surface area contributed by atoms with Crippen LogP contribution in [0.25, 0.3) is 33.3 Å². The van der Waals surface area contributed by atoms with Gasteiger partial charge in [-0.05, 0) is 90.3 Å². The molecule has 3 aliphatic heterocycles. The number of phenols is 1. The molecule has 3 aliphatic rings. The van der Waals surface area contributed by atoms with Gasteiger partial charge in [-0.25, -0.2) is 13.8 Å². The van der Waals surface area contributed by atoms with Crippen molar-refractivity contribution in [3.05, 3.63) is 71.5 Å². The summed E-state index contributed by atoms with van der Waals surface area (Å²) in [5, 5.41) is 16.5. The fraction of sp³-hybridized carbons (Fsp3) is 0.510. The van der Waals surface area contributed by atoms with Crippen molar-refractivity contribution in [2.45, 2.75) is 97.6 Å². The number of pyridine rings is 1. The first-order valence-electron chi connectivity index (χ1n) is 23.0. The van der Waals surface area contributed by atoms with Crippen molar-refractivity contribution < 1.29 is 47.0 Å². The first-order valence-corrected chi connectivity index (χ1v) is 24.9. The molecule has 3 N–H and O–H groups in total. The summed E-state index contributed by atoms with van der Waals surface area (Å²) in [5.74, 6) is -3.31. The van der Waals surface area contributed by atoms with E-state index in [9.17, 15) is 37.5 Å². The molecule has 4 aromatic rings. The highest BCUT2D eigenvalue weighted by Crippen LogP contribution is 2.41. The number of sulfonamides is 1. The first-order chi connectivity index (χ1) is 32.1. The van der Waals surface area contributed by atoms with Gasteiger partial charge in [-0.2, -0.15) is 4.31 Å². The van der Waals surface area contributed by atoms with E-state index in [0.29, 0.717) is 43.5 Å². The maximum Gasteiger partial charge on any atom is 0.324 e. The molecule has 2 aromatic carbocycles. The molecule has 7 rings (SSSR count). The molecule has 19 heteroatoms. The molecule has 18 nitrogen and oxygen atoms in total. The number of phenolic OH excluding ortho intramolecular Hbond substituents is 1. The molecule has 366 valence electrons. The number of aryl methyl sites for hydroxylation is 1. The second-order valence-corrected chi connectivity index (χ2v) is 21.4. The highest BCUT2D eigenvalue weighted by Gasteiger charge is 2.48. The third-order valence-corrected chi connectivity index (χ3v) is 14.3. The number of esters is 1. The van der Waals surface area contributed by atoms with Gasteiger partial charge < -0.3 is 34.3 Å². The minimum atomic E-state index is -3.58. The van der Waals surface area contributed by atoms with E-state index < -0.39 is 81.7 Å². The number of fused-ring (bicyclic) bond motifs is 6. The molecule has 0 radical (unpaired) electrons. The van der Waals surface area contributed by atoms with Gasteiger partial charge in [-0.15, -0.1) is 0 Å². The summed E-state index contributed by atoms with van der Waals surface area (Å²) in [6.45, 7) is 10.6. The molecule has 0 spiro atoms. The minimum Gasteiger partial charge on any atom is -0.508 e. The average molecular weight is 957 g/mol. The van der Waals surface area contributed by atoms with Gasteiger partial charge in [0.25, 0.3) is 5.91 Å². The predicted molar refractivity (Wildman–Crippen MR) is 255 cm³/mol. The quantitative estimate of drug-likeness (QED) is 0.138. The number of methoxy groups -OCH3 is 1. The van der Waals surface area contributed by atoms with Crippen LogP contribution in [0.2, 0.25) is 0 Å². The lowest BCUT2D eigenvalue weighted by atomic mass is 9.84. The van der Waals surface area contributed by atoms with Crippen molar-refractivity contribution in [2.75, 3.05) is 53.7 Å². The SMILES string of the molecule is CCn1c(-c2cnccc2COC)c2c3cc(ccc31)-c1cc(O)cc(c1)C[C@H](NC(=O)C(C(C)C)N(C)C(=O)CN(C)C(=O)[C@H]1CN1S(C)(=O)=O)C(=O)N1CCC[C@H](N1)C(=O)OCC(C)(C)C2. The summed E-state index contributed by atoms with van der Waals surface area (Å²) in [6.07, 6.45) is 5.94. The van der Waals surface area contributed by atoms with Gasteiger partial charge in [-0.1, -0.05) is 39.8 Å². The van der Waals surface area contributed by atoms with Crippen LogP contribution in [0.1, 0.15) is 64.2 Å². The molecule has 2 saturated heterocycles. The fourth-order valence-electron chi connectivity index (χ4n) is 9.61. The maximum atomic E-state index is 14.7. The number of aromatic nitrogens is 2. The summed E-state index contributed by atoms with van der Waals surface area (Å²) >= 11 is 0. The number of nitrogens with zero attached hydrogens (tertiary/aromatic N) is 6. The molecule has 5 heterocycles. The van der Waals surface area contributed by atoms with Crippen molar-refractivity contribution in [1.29, 1.82) is 0 Å². The topological polar surface area (TPSA) is 213 Å². The van der Waals surface area contributed by atoms with Crippen LogP contribution in [0.4, 0.5) is 0 Å². The molecule has 6 bridgehead atoms. The Kier molecular flexibility index (Phi) is 14.7. The number of cyclic esters (lactones) is 1. The average Bonchev–Trinajstić information content (AvgIpc) is 4.06. The molecule has 4 amide bonds. The third-order valence-electron chi connectivity index (χ3n) is 13.1. The normalized spacial score (nSPS) is 21.2. The Morgan fingerprint density at radius 1 is 1.09 bits per heavy atom. The van der Waals surface area contributed by atoms with E-state index >= 15 is 0 Å². The van der Waals surface area contributed by atoms with Crippen LogP contribution < -0.4 is 10.7 Å². The standard InChI is InChI=1S/C49H64N8O10S/c1-10-55-40-14-13-31-22-35(40)36(44(55)37-24-50-16-15-32(37)27-66-8)23-49(4,5)28-67-48(63)38-12-11-17-56(52-38)46(61)39(20-30-18-33(31)21-34(58)19-30)51-45(60)43(29(2)3)54(7)42(59)26-53(6)47(62)41-25-57(41)68(9,64)65/h13-16,18-19,21-22,24,29,38-39,41,43,52,58H,10-12,17,20,23,25-28H2,1-9H3,(H,51,60)/t38-,39-,41+,43?,57?/m0/s1. The zero-order valence-electron chi connectivity index (χ0n) is 40.4. The van der Waals surface area contributed by atoms with E-state index in [1.807, 2.05) is 24.4 Å². The van der Waals surface area contributed by atoms with Crippen LogP contribution in [0.3, 0.4) is 0 Å². The number of carbonyl (C=O) groups is 5. The summed E-state index contributed by atoms with van der Waals surface area (Å²) < 4.78 is 38.9. The van der Waals surface area contributed by atoms with Gasteiger partial charge in [0, 0.05) is 81.5 Å². The number of aromatic hydroxyl groups is 1. The maximum absolute atomic E-state index is 14.7. The van der Waals surface area contributed by atoms with Gasteiger partial charge in [0.15, 0.2) is 0 Å². The Bertz CT molecular complexity index is 2720. The number of rotatable bonds is 12. The van der Waals surface area contributed by atoms with Crippen molar-refractivity contribution in [3.63, 3.8) is 0 Å². The van der Waals surface area contributed by atoms with E-state index in [-0.39, 0.29) is 31.9 Å². The summed E-state index contributed by atoms with van der Waals surface area (Å²) in [5.41, 5.74) is 9.43. The summed E-state index contributed by atoms with van der Waals surface area (Å²) in [6, 6.07) is 9.10. The van der Waals surface area contributed by atoms with Crippen molar-refractivity contribution >= 4 is 50.5 Å². The van der Waals surface area contributed by atoms with Gasteiger partial charge in [0.05, 0.1) is 31.7 Å². The fourth-order valence-corrected chi connectivity index (χ4v) is 10.6. The van der Waals surface area contributed by atoms with Crippen LogP contribution in [0.5, 0.6) is 5.75 Å². The predicted octanol–water partition coefficient (Wildman–Crippen LogP) is 3.48. The van der Waals surface area contributed by atoms with E-state index in [1.54, 1.807) is 39.3 Å². The Morgan fingerprint density at radius 2 is 1.84 bits per heavy atom. The molecular formula is C49H64N8O10S. The highest BCUT2D eigenvalue weighted by atomic mass is 32.2.